The van der Waals surface area contributed by atoms with E-state index in [1.807, 2.05) is 26.0 Å². The Morgan fingerprint density at radius 3 is 2.60 bits per heavy atom. The Morgan fingerprint density at radius 2 is 1.96 bits per heavy atom. The van der Waals surface area contributed by atoms with E-state index in [-0.39, 0.29) is 18.4 Å². The minimum absolute atomic E-state index is 0.00589. The van der Waals surface area contributed by atoms with E-state index in [0.717, 1.165) is 10.5 Å². The second-order valence-corrected chi connectivity index (χ2v) is 7.31. The second kappa shape index (κ2) is 6.52. The van der Waals surface area contributed by atoms with Gasteiger partial charge in [-0.3, -0.25) is 9.69 Å². The molecule has 132 valence electrons. The maximum absolute atomic E-state index is 12.7. The molecular formula is C18H20ClN3O3. The molecule has 0 saturated carbocycles. The van der Waals surface area contributed by atoms with Gasteiger partial charge in [0.1, 0.15) is 12.1 Å². The molecule has 0 radical (unpaired) electrons. The van der Waals surface area contributed by atoms with Crippen molar-refractivity contribution >= 4 is 23.5 Å². The molecule has 1 aromatic carbocycles. The summed E-state index contributed by atoms with van der Waals surface area (Å²) in [4.78, 5) is 30.2. The van der Waals surface area contributed by atoms with Crippen LogP contribution in [-0.2, 0) is 11.3 Å². The molecule has 1 unspecified atom stereocenters. The average Bonchev–Trinajstić information content (AvgIpc) is 3.07. The van der Waals surface area contributed by atoms with E-state index in [4.69, 9.17) is 16.0 Å². The lowest BCUT2D eigenvalue weighted by Crippen LogP contribution is -2.44. The number of nitrogens with one attached hydrogen (secondary N) is 1. The first kappa shape index (κ1) is 17.5. The Balaban J connectivity index is 1.76. The zero-order valence-electron chi connectivity index (χ0n) is 14.4. The first-order valence-electron chi connectivity index (χ1n) is 8.13. The minimum Gasteiger partial charge on any atom is -0.439 e. The number of amides is 3. The highest BCUT2D eigenvalue weighted by molar-refractivity contribution is 6.30. The van der Waals surface area contributed by atoms with Gasteiger partial charge >= 0.3 is 6.03 Å². The summed E-state index contributed by atoms with van der Waals surface area (Å²) < 4.78 is 5.69. The number of urea groups is 1. The summed E-state index contributed by atoms with van der Waals surface area (Å²) in [6.07, 6.45) is 2.15. The van der Waals surface area contributed by atoms with E-state index >= 15 is 0 Å². The van der Waals surface area contributed by atoms with Gasteiger partial charge in [0.2, 0.25) is 5.89 Å². The Kier molecular flexibility index (Phi) is 4.56. The van der Waals surface area contributed by atoms with E-state index in [2.05, 4.69) is 10.3 Å². The zero-order chi connectivity index (χ0) is 18.2. The molecule has 1 aliphatic heterocycles. The standard InChI is InChI=1S/C18H20ClN3O3/c1-11(2)8-18(3)16(23)22(17(24)21-18)10-15-20-9-14(25-15)12-4-6-13(19)7-5-12/h4-7,9,11H,8,10H2,1-3H3,(H,21,24). The lowest BCUT2D eigenvalue weighted by Gasteiger charge is -2.23. The van der Waals surface area contributed by atoms with Crippen molar-refractivity contribution in [3.05, 3.63) is 41.4 Å². The van der Waals surface area contributed by atoms with Crippen molar-refractivity contribution in [2.75, 3.05) is 0 Å². The van der Waals surface area contributed by atoms with Gasteiger partial charge in [0.15, 0.2) is 5.76 Å². The summed E-state index contributed by atoms with van der Waals surface area (Å²) in [5.41, 5.74) is -0.0541. The van der Waals surface area contributed by atoms with Crippen molar-refractivity contribution in [1.29, 1.82) is 0 Å². The Labute approximate surface area is 151 Å². The monoisotopic (exact) mass is 361 g/mol. The van der Waals surface area contributed by atoms with E-state index in [1.54, 1.807) is 25.3 Å². The van der Waals surface area contributed by atoms with Crippen molar-refractivity contribution in [1.82, 2.24) is 15.2 Å². The molecule has 1 saturated heterocycles. The Hall–Kier alpha value is -2.34. The van der Waals surface area contributed by atoms with Crippen molar-refractivity contribution in [2.24, 2.45) is 5.92 Å². The van der Waals surface area contributed by atoms with Crippen LogP contribution in [-0.4, -0.2) is 27.4 Å². The fourth-order valence-corrected chi connectivity index (χ4v) is 3.24. The number of hydrogen-bond acceptors (Lipinski definition) is 4. The Bertz CT molecular complexity index is 800. The van der Waals surface area contributed by atoms with Gasteiger partial charge in [-0.2, -0.15) is 0 Å². The molecule has 2 aromatic rings. The highest BCUT2D eigenvalue weighted by atomic mass is 35.5. The van der Waals surface area contributed by atoms with Gasteiger partial charge in [0.05, 0.1) is 6.20 Å². The molecule has 1 atom stereocenters. The van der Waals surface area contributed by atoms with E-state index < -0.39 is 11.6 Å². The summed E-state index contributed by atoms with van der Waals surface area (Å²) in [6.45, 7) is 5.79. The first-order valence-corrected chi connectivity index (χ1v) is 8.51. The summed E-state index contributed by atoms with van der Waals surface area (Å²) in [5, 5.41) is 3.41. The van der Waals surface area contributed by atoms with Crippen LogP contribution in [0.2, 0.25) is 5.02 Å². The number of imide groups is 1. The molecule has 1 aromatic heterocycles. The SMILES string of the molecule is CC(C)CC1(C)NC(=O)N(Cc2ncc(-c3ccc(Cl)cc3)o2)C1=O. The normalized spacial score (nSPS) is 20.4. The molecule has 2 heterocycles. The number of nitrogens with zero attached hydrogens (tertiary/aromatic N) is 2. The Morgan fingerprint density at radius 1 is 1.28 bits per heavy atom. The molecule has 3 amide bonds. The molecule has 1 aliphatic rings. The number of carbonyl (C=O) groups is 2. The number of aromatic nitrogens is 1. The van der Waals surface area contributed by atoms with Crippen LogP contribution in [0.25, 0.3) is 11.3 Å². The lowest BCUT2D eigenvalue weighted by atomic mass is 9.91. The summed E-state index contributed by atoms with van der Waals surface area (Å²) in [7, 11) is 0. The minimum atomic E-state index is -0.878. The number of carbonyl (C=O) groups excluding carboxylic acids is 2. The third-order valence-corrected chi connectivity index (χ3v) is 4.39. The fourth-order valence-electron chi connectivity index (χ4n) is 3.11. The molecule has 0 aliphatic carbocycles. The van der Waals surface area contributed by atoms with Gasteiger partial charge in [-0.15, -0.1) is 0 Å². The maximum atomic E-state index is 12.7. The van der Waals surface area contributed by atoms with Crippen LogP contribution < -0.4 is 5.32 Å². The molecule has 1 fully saturated rings. The van der Waals surface area contributed by atoms with Gasteiger partial charge in [0.25, 0.3) is 5.91 Å². The van der Waals surface area contributed by atoms with Crippen LogP contribution in [0.1, 0.15) is 33.1 Å². The van der Waals surface area contributed by atoms with Crippen LogP contribution in [0.4, 0.5) is 4.79 Å². The number of rotatable bonds is 5. The first-order chi connectivity index (χ1) is 11.8. The molecule has 1 N–H and O–H groups in total. The van der Waals surface area contributed by atoms with Crippen LogP contribution >= 0.6 is 11.6 Å². The van der Waals surface area contributed by atoms with Gasteiger partial charge in [-0.1, -0.05) is 25.4 Å². The molecular weight excluding hydrogens is 342 g/mol. The van der Waals surface area contributed by atoms with E-state index in [1.165, 1.54) is 0 Å². The van der Waals surface area contributed by atoms with Crippen LogP contribution in [0.3, 0.4) is 0 Å². The summed E-state index contributed by atoms with van der Waals surface area (Å²) in [6, 6.07) is 6.74. The van der Waals surface area contributed by atoms with Crippen molar-refractivity contribution in [3.63, 3.8) is 0 Å². The molecule has 6 nitrogen and oxygen atoms in total. The summed E-state index contributed by atoms with van der Waals surface area (Å²) >= 11 is 5.88. The van der Waals surface area contributed by atoms with Crippen LogP contribution in [0, 0.1) is 5.92 Å². The highest BCUT2D eigenvalue weighted by Gasteiger charge is 2.48. The zero-order valence-corrected chi connectivity index (χ0v) is 15.1. The predicted octanol–water partition coefficient (Wildman–Crippen LogP) is 3.85. The van der Waals surface area contributed by atoms with E-state index in [9.17, 15) is 9.59 Å². The third-order valence-electron chi connectivity index (χ3n) is 4.14. The second-order valence-electron chi connectivity index (χ2n) is 6.88. The fraction of sp³-hybridized carbons (Fsp3) is 0.389. The molecule has 3 rings (SSSR count). The number of halogens is 1. The summed E-state index contributed by atoms with van der Waals surface area (Å²) in [5.74, 6) is 0.899. The largest absolute Gasteiger partial charge is 0.439 e. The maximum Gasteiger partial charge on any atom is 0.325 e. The highest BCUT2D eigenvalue weighted by Crippen LogP contribution is 2.27. The lowest BCUT2D eigenvalue weighted by molar-refractivity contribution is -0.131. The van der Waals surface area contributed by atoms with Gasteiger partial charge in [-0.05, 0) is 43.5 Å². The topological polar surface area (TPSA) is 75.4 Å². The van der Waals surface area contributed by atoms with Gasteiger partial charge in [0, 0.05) is 10.6 Å². The predicted molar refractivity (Wildman–Crippen MR) is 93.9 cm³/mol. The smallest absolute Gasteiger partial charge is 0.325 e. The average molecular weight is 362 g/mol. The van der Waals surface area contributed by atoms with Gasteiger partial charge in [-0.25, -0.2) is 9.78 Å². The number of hydrogen-bond donors (Lipinski definition) is 1. The molecule has 0 bridgehead atoms. The van der Waals surface area contributed by atoms with Gasteiger partial charge < -0.3 is 9.73 Å². The molecule has 0 spiro atoms. The van der Waals surface area contributed by atoms with Crippen LogP contribution in [0.15, 0.2) is 34.9 Å². The van der Waals surface area contributed by atoms with Crippen LogP contribution in [0.5, 0.6) is 0 Å². The number of benzene rings is 1. The number of oxazole rings is 1. The van der Waals surface area contributed by atoms with Crippen molar-refractivity contribution in [3.8, 4) is 11.3 Å². The van der Waals surface area contributed by atoms with Crippen molar-refractivity contribution < 1.29 is 14.0 Å². The quantitative estimate of drug-likeness (QED) is 0.820. The van der Waals surface area contributed by atoms with Crippen molar-refractivity contribution in [2.45, 2.75) is 39.3 Å². The third kappa shape index (κ3) is 3.54. The van der Waals surface area contributed by atoms with E-state index in [0.29, 0.717) is 23.1 Å². The molecule has 7 heteroatoms. The molecule has 25 heavy (non-hydrogen) atoms.